The quantitative estimate of drug-likeness (QED) is 0.648. The van der Waals surface area contributed by atoms with Gasteiger partial charge in [0.2, 0.25) is 0 Å². The van der Waals surface area contributed by atoms with Crippen molar-refractivity contribution in [2.45, 2.75) is 6.61 Å². The fourth-order valence-electron chi connectivity index (χ4n) is 1.48. The van der Waals surface area contributed by atoms with Crippen molar-refractivity contribution in [3.63, 3.8) is 0 Å². The largest absolute Gasteiger partial charge is 0.497 e. The fourth-order valence-corrected chi connectivity index (χ4v) is 1.48. The zero-order valence-electron chi connectivity index (χ0n) is 11.0. The van der Waals surface area contributed by atoms with Crippen molar-refractivity contribution in [3.05, 3.63) is 53.9 Å². The number of ether oxygens (including phenoxy) is 2. The van der Waals surface area contributed by atoms with Gasteiger partial charge in [0.05, 0.1) is 19.0 Å². The number of amides is 1. The van der Waals surface area contributed by atoms with Crippen LogP contribution in [0, 0.1) is 0 Å². The number of nitrogens with zero attached hydrogens (tertiary/aromatic N) is 1. The second-order valence-electron chi connectivity index (χ2n) is 3.92. The molecule has 0 radical (unpaired) electrons. The Morgan fingerprint density at radius 2 is 2.15 bits per heavy atom. The number of rotatable bonds is 5. The first-order chi connectivity index (χ1) is 9.78. The van der Waals surface area contributed by atoms with Crippen LogP contribution in [-0.2, 0) is 11.3 Å². The van der Waals surface area contributed by atoms with Gasteiger partial charge >= 0.3 is 6.09 Å². The van der Waals surface area contributed by atoms with Gasteiger partial charge in [0, 0.05) is 6.20 Å². The normalized spacial score (nSPS) is 10.4. The van der Waals surface area contributed by atoms with Crippen LogP contribution in [-0.4, -0.2) is 24.4 Å². The second-order valence-corrected chi connectivity index (χ2v) is 3.92. The maximum Gasteiger partial charge on any atom is 0.428 e. The van der Waals surface area contributed by atoms with Crippen molar-refractivity contribution >= 4 is 12.3 Å². The van der Waals surface area contributed by atoms with Crippen molar-refractivity contribution in [2.75, 3.05) is 7.11 Å². The predicted molar refractivity (Wildman–Crippen MR) is 74.7 cm³/mol. The minimum atomic E-state index is -0.608. The molecular weight excluding hydrogens is 258 g/mol. The average molecular weight is 273 g/mol. The summed E-state index contributed by atoms with van der Waals surface area (Å²) in [5.41, 5.74) is 3.94. The molecular formula is C14H15N3O3. The number of aromatic amines is 1. The molecule has 0 aliphatic carbocycles. The number of carbonyl (C=O) groups is 1. The number of nitrogens with one attached hydrogen (secondary N) is 2. The molecule has 1 aromatic carbocycles. The third-order valence-electron chi connectivity index (χ3n) is 2.51. The predicted octanol–water partition coefficient (Wildman–Crippen LogP) is 2.28. The van der Waals surface area contributed by atoms with Gasteiger partial charge in [-0.05, 0) is 29.8 Å². The van der Waals surface area contributed by atoms with E-state index in [1.165, 1.54) is 6.21 Å². The SMILES string of the molecule is COc1ccc(COC(=O)NN=Cc2ccc[nH]2)cc1. The molecule has 0 saturated heterocycles. The van der Waals surface area contributed by atoms with Crippen molar-refractivity contribution in [1.29, 1.82) is 0 Å². The third kappa shape index (κ3) is 4.16. The van der Waals surface area contributed by atoms with Crippen LogP contribution in [0.4, 0.5) is 4.79 Å². The highest BCUT2D eigenvalue weighted by molar-refractivity contribution is 5.78. The maximum absolute atomic E-state index is 11.4. The number of methoxy groups -OCH3 is 1. The van der Waals surface area contributed by atoms with E-state index in [1.807, 2.05) is 24.3 Å². The molecule has 0 spiro atoms. The Morgan fingerprint density at radius 3 is 2.80 bits per heavy atom. The van der Waals surface area contributed by atoms with E-state index < -0.39 is 6.09 Å². The first-order valence-corrected chi connectivity index (χ1v) is 6.00. The lowest BCUT2D eigenvalue weighted by atomic mass is 10.2. The fraction of sp³-hybridized carbons (Fsp3) is 0.143. The monoisotopic (exact) mass is 273 g/mol. The van der Waals surface area contributed by atoms with Gasteiger partial charge in [0.1, 0.15) is 12.4 Å². The third-order valence-corrected chi connectivity index (χ3v) is 2.51. The van der Waals surface area contributed by atoms with Gasteiger partial charge in [-0.15, -0.1) is 0 Å². The molecule has 0 aliphatic heterocycles. The summed E-state index contributed by atoms with van der Waals surface area (Å²) in [6.07, 6.45) is 2.65. The molecule has 0 atom stereocenters. The van der Waals surface area contributed by atoms with Gasteiger partial charge in [0.25, 0.3) is 0 Å². The molecule has 0 saturated carbocycles. The Labute approximate surface area is 116 Å². The van der Waals surface area contributed by atoms with Crippen LogP contribution >= 0.6 is 0 Å². The first kappa shape index (κ1) is 13.7. The molecule has 1 heterocycles. The van der Waals surface area contributed by atoms with Crippen LogP contribution in [0.5, 0.6) is 5.75 Å². The van der Waals surface area contributed by atoms with Crippen molar-refractivity contribution in [3.8, 4) is 5.75 Å². The Balaban J connectivity index is 1.74. The van der Waals surface area contributed by atoms with Crippen LogP contribution in [0.25, 0.3) is 0 Å². The number of carbonyl (C=O) groups excluding carboxylic acids is 1. The number of H-pyrrole nitrogens is 1. The summed E-state index contributed by atoms with van der Waals surface area (Å²) in [6, 6.07) is 10.9. The highest BCUT2D eigenvalue weighted by Gasteiger charge is 2.01. The van der Waals surface area contributed by atoms with Crippen molar-refractivity contribution < 1.29 is 14.3 Å². The first-order valence-electron chi connectivity index (χ1n) is 6.00. The van der Waals surface area contributed by atoms with Crippen molar-refractivity contribution in [1.82, 2.24) is 10.4 Å². The van der Waals surface area contributed by atoms with E-state index in [0.29, 0.717) is 0 Å². The Morgan fingerprint density at radius 1 is 1.35 bits per heavy atom. The Hall–Kier alpha value is -2.76. The van der Waals surface area contributed by atoms with E-state index in [2.05, 4.69) is 15.5 Å². The molecule has 0 aliphatic rings. The molecule has 1 amide bonds. The molecule has 2 aromatic rings. The van der Waals surface area contributed by atoms with Gasteiger partial charge in [-0.25, -0.2) is 10.2 Å². The lowest BCUT2D eigenvalue weighted by molar-refractivity contribution is 0.140. The van der Waals surface area contributed by atoms with Crippen LogP contribution in [0.3, 0.4) is 0 Å². The van der Waals surface area contributed by atoms with Gasteiger partial charge in [0.15, 0.2) is 0 Å². The highest BCUT2D eigenvalue weighted by Crippen LogP contribution is 2.11. The van der Waals surface area contributed by atoms with Crippen LogP contribution in [0.15, 0.2) is 47.7 Å². The summed E-state index contributed by atoms with van der Waals surface area (Å²) in [4.78, 5) is 14.3. The molecule has 2 rings (SSSR count). The summed E-state index contributed by atoms with van der Waals surface area (Å²) in [5, 5.41) is 3.75. The highest BCUT2D eigenvalue weighted by atomic mass is 16.6. The second kappa shape index (κ2) is 6.98. The Bertz CT molecular complexity index is 562. The molecule has 0 bridgehead atoms. The Kier molecular flexibility index (Phi) is 4.77. The average Bonchev–Trinajstić information content (AvgIpc) is 2.99. The van der Waals surface area contributed by atoms with Gasteiger partial charge in [-0.2, -0.15) is 5.10 Å². The molecule has 1 aromatic heterocycles. The molecule has 6 heteroatoms. The number of benzene rings is 1. The zero-order valence-corrected chi connectivity index (χ0v) is 11.0. The zero-order chi connectivity index (χ0) is 14.2. The standard InChI is InChI=1S/C14H15N3O3/c1-19-13-6-4-11(5-7-13)10-20-14(18)17-16-9-12-3-2-8-15-12/h2-9,15H,10H2,1H3,(H,17,18). The molecule has 104 valence electrons. The molecule has 0 fully saturated rings. The molecule has 6 nitrogen and oxygen atoms in total. The minimum absolute atomic E-state index is 0.174. The van der Waals surface area contributed by atoms with Gasteiger partial charge in [-0.3, -0.25) is 0 Å². The van der Waals surface area contributed by atoms with Crippen molar-refractivity contribution in [2.24, 2.45) is 5.10 Å². The summed E-state index contributed by atoms with van der Waals surface area (Å²) in [6.45, 7) is 0.174. The summed E-state index contributed by atoms with van der Waals surface area (Å²) in [5.74, 6) is 0.758. The summed E-state index contributed by atoms with van der Waals surface area (Å²) < 4.78 is 10.0. The number of hydrogen-bond acceptors (Lipinski definition) is 4. The van der Waals surface area contributed by atoms with E-state index in [1.54, 1.807) is 25.4 Å². The van der Waals surface area contributed by atoms with Gasteiger partial charge < -0.3 is 14.5 Å². The number of hydrazone groups is 1. The van der Waals surface area contributed by atoms with Crippen LogP contribution < -0.4 is 10.2 Å². The van der Waals surface area contributed by atoms with Crippen LogP contribution in [0.1, 0.15) is 11.3 Å². The molecule has 0 unspecified atom stereocenters. The number of hydrogen-bond donors (Lipinski definition) is 2. The summed E-state index contributed by atoms with van der Waals surface area (Å²) in [7, 11) is 1.60. The lowest BCUT2D eigenvalue weighted by Crippen LogP contribution is -2.18. The molecule has 20 heavy (non-hydrogen) atoms. The smallest absolute Gasteiger partial charge is 0.428 e. The minimum Gasteiger partial charge on any atom is -0.497 e. The maximum atomic E-state index is 11.4. The van der Waals surface area contributed by atoms with E-state index in [-0.39, 0.29) is 6.61 Å². The van der Waals surface area contributed by atoms with Crippen LogP contribution in [0.2, 0.25) is 0 Å². The van der Waals surface area contributed by atoms with E-state index in [4.69, 9.17) is 9.47 Å². The van der Waals surface area contributed by atoms with E-state index in [0.717, 1.165) is 17.0 Å². The lowest BCUT2D eigenvalue weighted by Gasteiger charge is -2.04. The van der Waals surface area contributed by atoms with E-state index in [9.17, 15) is 4.79 Å². The molecule has 2 N–H and O–H groups in total. The van der Waals surface area contributed by atoms with E-state index >= 15 is 0 Å². The van der Waals surface area contributed by atoms with Gasteiger partial charge in [-0.1, -0.05) is 12.1 Å². The topological polar surface area (TPSA) is 75.7 Å². The summed E-state index contributed by atoms with van der Waals surface area (Å²) >= 11 is 0. The number of aromatic nitrogens is 1.